The molecule has 8 heteroatoms. The minimum Gasteiger partial charge on any atom is -0.345 e. The average molecular weight is 391 g/mol. The van der Waals surface area contributed by atoms with Crippen LogP contribution in [0.25, 0.3) is 10.7 Å². The number of aromatic nitrogens is 2. The second kappa shape index (κ2) is 7.48. The molecule has 0 aliphatic heterocycles. The molecule has 1 amide bonds. The maximum Gasteiger partial charge on any atom is 0.416 e. The Bertz CT molecular complexity index is 954. The third-order valence-corrected chi connectivity index (χ3v) is 5.13. The van der Waals surface area contributed by atoms with Gasteiger partial charge in [0.25, 0.3) is 5.91 Å². The minimum atomic E-state index is -4.43. The molecule has 0 spiro atoms. The number of pyridine rings is 1. The van der Waals surface area contributed by atoms with Crippen LogP contribution in [0, 0.1) is 6.92 Å². The van der Waals surface area contributed by atoms with Crippen molar-refractivity contribution in [2.45, 2.75) is 26.1 Å². The summed E-state index contributed by atoms with van der Waals surface area (Å²) in [6, 6.07) is 9.76. The Balaban J connectivity index is 1.79. The molecule has 27 heavy (non-hydrogen) atoms. The van der Waals surface area contributed by atoms with Gasteiger partial charge in [-0.25, -0.2) is 4.98 Å². The van der Waals surface area contributed by atoms with Gasteiger partial charge in [0.15, 0.2) is 0 Å². The van der Waals surface area contributed by atoms with E-state index in [4.69, 9.17) is 0 Å². The summed E-state index contributed by atoms with van der Waals surface area (Å²) >= 11 is 1.20. The number of nitrogens with zero attached hydrogens (tertiary/aromatic N) is 2. The number of alkyl halides is 3. The topological polar surface area (TPSA) is 54.9 Å². The van der Waals surface area contributed by atoms with Crippen molar-refractivity contribution in [3.05, 3.63) is 70.4 Å². The Hall–Kier alpha value is -2.74. The summed E-state index contributed by atoms with van der Waals surface area (Å²) in [4.78, 5) is 21.6. The van der Waals surface area contributed by atoms with Crippen molar-refractivity contribution in [2.75, 3.05) is 0 Å². The molecular weight excluding hydrogens is 375 g/mol. The van der Waals surface area contributed by atoms with E-state index in [0.717, 1.165) is 12.1 Å². The SMILES string of the molecule is Cc1nc(-c2ccccn2)sc1C(=O)NC(C)c1cccc(C(F)(F)F)c1. The number of amides is 1. The second-order valence-corrected chi connectivity index (χ2v) is 6.97. The highest BCUT2D eigenvalue weighted by atomic mass is 32.1. The van der Waals surface area contributed by atoms with Crippen molar-refractivity contribution in [3.63, 3.8) is 0 Å². The smallest absolute Gasteiger partial charge is 0.345 e. The van der Waals surface area contributed by atoms with Crippen molar-refractivity contribution < 1.29 is 18.0 Å². The zero-order chi connectivity index (χ0) is 19.6. The van der Waals surface area contributed by atoms with Crippen LogP contribution < -0.4 is 5.32 Å². The number of halogens is 3. The third kappa shape index (κ3) is 4.33. The molecule has 0 aliphatic rings. The standard InChI is InChI=1S/C19H16F3N3OS/c1-11(13-6-5-7-14(10-13)19(20,21)22)24-17(26)16-12(2)25-18(27-16)15-8-3-4-9-23-15/h3-11H,1-2H3,(H,24,26). The molecule has 0 fully saturated rings. The van der Waals surface area contributed by atoms with Crippen LogP contribution in [-0.2, 0) is 6.18 Å². The quantitative estimate of drug-likeness (QED) is 0.679. The lowest BCUT2D eigenvalue weighted by Gasteiger charge is -2.16. The van der Waals surface area contributed by atoms with E-state index in [0.29, 0.717) is 26.8 Å². The number of carbonyl (C=O) groups is 1. The molecule has 4 nitrogen and oxygen atoms in total. The predicted molar refractivity (Wildman–Crippen MR) is 97.4 cm³/mol. The lowest BCUT2D eigenvalue weighted by Crippen LogP contribution is -2.26. The molecule has 1 unspecified atom stereocenters. The van der Waals surface area contributed by atoms with Crippen LogP contribution >= 0.6 is 11.3 Å². The second-order valence-electron chi connectivity index (χ2n) is 5.97. The largest absolute Gasteiger partial charge is 0.416 e. The maximum absolute atomic E-state index is 12.9. The molecule has 0 saturated carbocycles. The van der Waals surface area contributed by atoms with Crippen molar-refractivity contribution in [1.29, 1.82) is 0 Å². The van der Waals surface area contributed by atoms with E-state index >= 15 is 0 Å². The highest BCUT2D eigenvalue weighted by molar-refractivity contribution is 7.17. The Morgan fingerprint density at radius 1 is 1.19 bits per heavy atom. The van der Waals surface area contributed by atoms with E-state index in [1.807, 2.05) is 6.07 Å². The summed E-state index contributed by atoms with van der Waals surface area (Å²) in [7, 11) is 0. The molecule has 0 aliphatic carbocycles. The Labute approximate surface area is 158 Å². The van der Waals surface area contributed by atoms with E-state index in [1.165, 1.54) is 17.4 Å². The number of aryl methyl sites for hydroxylation is 1. The first-order valence-corrected chi connectivity index (χ1v) is 8.94. The Morgan fingerprint density at radius 3 is 2.63 bits per heavy atom. The lowest BCUT2D eigenvalue weighted by atomic mass is 10.0. The van der Waals surface area contributed by atoms with E-state index in [9.17, 15) is 18.0 Å². The van der Waals surface area contributed by atoms with Gasteiger partial charge in [-0.2, -0.15) is 13.2 Å². The molecule has 1 N–H and O–H groups in total. The molecular formula is C19H16F3N3OS. The maximum atomic E-state index is 12.9. The van der Waals surface area contributed by atoms with E-state index < -0.39 is 17.8 Å². The molecule has 140 valence electrons. The number of rotatable bonds is 4. The van der Waals surface area contributed by atoms with Crippen molar-refractivity contribution in [1.82, 2.24) is 15.3 Å². The monoisotopic (exact) mass is 391 g/mol. The summed E-state index contributed by atoms with van der Waals surface area (Å²) in [6.07, 6.45) is -2.78. The number of thiazole rings is 1. The van der Waals surface area contributed by atoms with Gasteiger partial charge in [-0.05, 0) is 43.7 Å². The van der Waals surface area contributed by atoms with E-state index in [1.54, 1.807) is 38.2 Å². The average Bonchev–Trinajstić information content (AvgIpc) is 3.04. The summed E-state index contributed by atoms with van der Waals surface area (Å²) < 4.78 is 38.6. The first kappa shape index (κ1) is 19.0. The summed E-state index contributed by atoms with van der Waals surface area (Å²) in [5.41, 5.74) is 0.850. The van der Waals surface area contributed by atoms with Crippen LogP contribution in [0.15, 0.2) is 48.7 Å². The highest BCUT2D eigenvalue weighted by Gasteiger charge is 2.31. The van der Waals surface area contributed by atoms with Gasteiger partial charge in [-0.15, -0.1) is 11.3 Å². The first-order chi connectivity index (χ1) is 12.8. The van der Waals surface area contributed by atoms with Gasteiger partial charge in [0.1, 0.15) is 9.88 Å². The minimum absolute atomic E-state index is 0.378. The number of nitrogens with one attached hydrogen (secondary N) is 1. The predicted octanol–water partition coefficient (Wildman–Crippen LogP) is 5.02. The summed E-state index contributed by atoms with van der Waals surface area (Å²) in [5, 5.41) is 3.36. The Kier molecular flexibility index (Phi) is 5.27. The molecule has 0 radical (unpaired) electrons. The van der Waals surface area contributed by atoms with Gasteiger partial charge in [0, 0.05) is 6.20 Å². The normalized spacial score (nSPS) is 12.6. The van der Waals surface area contributed by atoms with Gasteiger partial charge >= 0.3 is 6.18 Å². The fraction of sp³-hybridized carbons (Fsp3) is 0.211. The number of hydrogen-bond donors (Lipinski definition) is 1. The van der Waals surface area contributed by atoms with Gasteiger partial charge in [0.2, 0.25) is 0 Å². The molecule has 3 aromatic rings. The zero-order valence-electron chi connectivity index (χ0n) is 14.5. The van der Waals surface area contributed by atoms with Gasteiger partial charge in [-0.3, -0.25) is 9.78 Å². The van der Waals surface area contributed by atoms with Crippen molar-refractivity contribution in [2.24, 2.45) is 0 Å². The van der Waals surface area contributed by atoms with Crippen LogP contribution in [0.4, 0.5) is 13.2 Å². The van der Waals surface area contributed by atoms with Crippen LogP contribution in [0.2, 0.25) is 0 Å². The molecule has 3 rings (SSSR count). The van der Waals surface area contributed by atoms with Gasteiger partial charge in [0.05, 0.1) is 23.0 Å². The lowest BCUT2D eigenvalue weighted by molar-refractivity contribution is -0.137. The van der Waals surface area contributed by atoms with Crippen LogP contribution in [0.3, 0.4) is 0 Å². The van der Waals surface area contributed by atoms with Crippen LogP contribution in [0.5, 0.6) is 0 Å². The van der Waals surface area contributed by atoms with Gasteiger partial charge < -0.3 is 5.32 Å². The molecule has 2 aromatic heterocycles. The highest BCUT2D eigenvalue weighted by Crippen LogP contribution is 2.31. The molecule has 1 aromatic carbocycles. The zero-order valence-corrected chi connectivity index (χ0v) is 15.4. The number of benzene rings is 1. The third-order valence-electron chi connectivity index (χ3n) is 3.95. The van der Waals surface area contributed by atoms with E-state index in [2.05, 4.69) is 15.3 Å². The summed E-state index contributed by atoms with van der Waals surface area (Å²) in [5.74, 6) is -0.378. The summed E-state index contributed by atoms with van der Waals surface area (Å²) in [6.45, 7) is 3.36. The fourth-order valence-corrected chi connectivity index (χ4v) is 3.48. The molecule has 0 bridgehead atoms. The van der Waals surface area contributed by atoms with Crippen LogP contribution in [0.1, 0.15) is 39.5 Å². The van der Waals surface area contributed by atoms with Gasteiger partial charge in [-0.1, -0.05) is 18.2 Å². The first-order valence-electron chi connectivity index (χ1n) is 8.12. The number of hydrogen-bond acceptors (Lipinski definition) is 4. The molecule has 2 heterocycles. The van der Waals surface area contributed by atoms with Crippen molar-refractivity contribution in [3.8, 4) is 10.7 Å². The fourth-order valence-electron chi connectivity index (χ4n) is 2.54. The Morgan fingerprint density at radius 2 is 1.96 bits per heavy atom. The van der Waals surface area contributed by atoms with E-state index in [-0.39, 0.29) is 5.91 Å². The van der Waals surface area contributed by atoms with Crippen molar-refractivity contribution >= 4 is 17.2 Å². The van der Waals surface area contributed by atoms with Crippen LogP contribution in [-0.4, -0.2) is 15.9 Å². The molecule has 0 saturated heterocycles. The number of carbonyl (C=O) groups excluding carboxylic acids is 1. The molecule has 1 atom stereocenters.